The Bertz CT molecular complexity index is 1210. The van der Waals surface area contributed by atoms with Crippen LogP contribution in [0.25, 0.3) is 11.1 Å². The summed E-state index contributed by atoms with van der Waals surface area (Å²) in [4.78, 5) is 23.4. The topological polar surface area (TPSA) is 145 Å². The van der Waals surface area contributed by atoms with Crippen molar-refractivity contribution in [3.8, 4) is 11.1 Å². The van der Waals surface area contributed by atoms with E-state index in [1.165, 1.54) is 0 Å². The minimum Gasteiger partial charge on any atom is -0.472 e. The number of furan rings is 1. The molecule has 2 aliphatic rings. The average molecular weight is 496 g/mol. The lowest BCUT2D eigenvalue weighted by Crippen LogP contribution is -2.43. The van der Waals surface area contributed by atoms with Crippen molar-refractivity contribution < 1.29 is 18.3 Å². The second-order valence-corrected chi connectivity index (χ2v) is 9.11. The highest BCUT2D eigenvalue weighted by Crippen LogP contribution is 2.34. The molecule has 0 bridgehead atoms. The Morgan fingerprint density at radius 1 is 1.17 bits per heavy atom. The second-order valence-electron chi connectivity index (χ2n) is 9.11. The normalized spacial score (nSPS) is 20.2. The summed E-state index contributed by atoms with van der Waals surface area (Å²) in [7, 11) is 0. The molecule has 0 radical (unpaired) electrons. The minimum absolute atomic E-state index is 0.0257. The number of pyridine rings is 2. The second kappa shape index (κ2) is 10.5. The van der Waals surface area contributed by atoms with Gasteiger partial charge in [-0.3, -0.25) is 4.79 Å². The van der Waals surface area contributed by atoms with E-state index in [-0.39, 0.29) is 29.3 Å². The van der Waals surface area contributed by atoms with Crippen LogP contribution < -0.4 is 27.0 Å². The Labute approximate surface area is 208 Å². The fourth-order valence-corrected chi connectivity index (χ4v) is 4.71. The number of nitrogens with zero attached hydrogens (tertiary/aromatic N) is 3. The van der Waals surface area contributed by atoms with E-state index in [0.717, 1.165) is 48.7 Å². The Balaban J connectivity index is 1.48. The van der Waals surface area contributed by atoms with E-state index in [1.807, 2.05) is 12.1 Å². The molecule has 1 amide bonds. The number of halogens is 1. The third-order valence-corrected chi connectivity index (χ3v) is 6.66. The van der Waals surface area contributed by atoms with Gasteiger partial charge < -0.3 is 36.2 Å². The predicted molar refractivity (Wildman–Crippen MR) is 135 cm³/mol. The van der Waals surface area contributed by atoms with Gasteiger partial charge in [0.2, 0.25) is 0 Å². The third kappa shape index (κ3) is 5.12. The van der Waals surface area contributed by atoms with E-state index >= 15 is 0 Å². The Morgan fingerprint density at radius 2 is 1.97 bits per heavy atom. The van der Waals surface area contributed by atoms with Crippen LogP contribution in [0.3, 0.4) is 0 Å². The number of nitrogens with one attached hydrogen (secondary N) is 2. The van der Waals surface area contributed by atoms with Crippen LogP contribution >= 0.6 is 0 Å². The lowest BCUT2D eigenvalue weighted by molar-refractivity contribution is 0.100. The molecule has 4 heterocycles. The summed E-state index contributed by atoms with van der Waals surface area (Å²) in [6, 6.07) is 4.64. The van der Waals surface area contributed by atoms with Crippen LogP contribution in [0.2, 0.25) is 0 Å². The van der Waals surface area contributed by atoms with Crippen molar-refractivity contribution in [2.24, 2.45) is 11.5 Å². The van der Waals surface area contributed by atoms with Gasteiger partial charge in [-0.05, 0) is 31.0 Å². The van der Waals surface area contributed by atoms with Crippen LogP contribution in [0.5, 0.6) is 0 Å². The smallest absolute Gasteiger partial charge is 0.252 e. The van der Waals surface area contributed by atoms with E-state index in [2.05, 4.69) is 25.5 Å². The summed E-state index contributed by atoms with van der Waals surface area (Å²) in [5, 5.41) is 6.24. The Hall–Kier alpha value is -3.70. The van der Waals surface area contributed by atoms with Gasteiger partial charge in [0.1, 0.15) is 11.6 Å². The zero-order valence-electron chi connectivity index (χ0n) is 19.9. The molecule has 0 spiro atoms. The molecule has 6 N–H and O–H groups in total. The molecular formula is C25H30FN7O3. The number of hydrogen-bond acceptors (Lipinski definition) is 9. The molecule has 3 aromatic rings. The summed E-state index contributed by atoms with van der Waals surface area (Å²) in [6.07, 6.45) is 8.63. The van der Waals surface area contributed by atoms with Crippen molar-refractivity contribution in [2.45, 2.75) is 37.8 Å². The summed E-state index contributed by atoms with van der Waals surface area (Å²) >= 11 is 0. The molecule has 1 aliphatic heterocycles. The van der Waals surface area contributed by atoms with Crippen molar-refractivity contribution in [3.05, 3.63) is 48.3 Å². The average Bonchev–Trinajstić information content (AvgIpc) is 3.42. The number of amides is 1. The van der Waals surface area contributed by atoms with Gasteiger partial charge in [0, 0.05) is 36.3 Å². The van der Waals surface area contributed by atoms with Crippen LogP contribution in [-0.4, -0.2) is 54.3 Å². The maximum atomic E-state index is 14.9. The molecule has 3 aromatic heterocycles. The number of rotatable bonds is 7. The van der Waals surface area contributed by atoms with Crippen LogP contribution in [0, 0.1) is 5.82 Å². The first-order valence-corrected chi connectivity index (χ1v) is 12.1. The maximum absolute atomic E-state index is 14.9. The standard InChI is InChI=1S/C25H30FN7O3/c26-19-12-18(22(28)34)23(32-24(19)31-21-4-2-1-3-20(21)27)30-16-11-17(15-5-8-36-14-15)25(29-13-16)33-6-9-35-10-7-33/h5,8,11-14,20-21H,1-4,6-7,9-10,27H2,(H2,28,34)(H2,30,31,32)/t20-,21+/m0/s1. The van der Waals surface area contributed by atoms with Gasteiger partial charge in [-0.25, -0.2) is 14.4 Å². The monoisotopic (exact) mass is 495 g/mol. The number of primary amides is 1. The summed E-state index contributed by atoms with van der Waals surface area (Å²) < 4.78 is 25.7. The van der Waals surface area contributed by atoms with E-state index in [0.29, 0.717) is 32.0 Å². The number of aromatic nitrogens is 2. The SMILES string of the molecule is NC(=O)c1cc(F)c(N[C@@H]2CCCC[C@@H]2N)nc1Nc1cnc(N2CCOCC2)c(-c2ccoc2)c1. The third-order valence-electron chi connectivity index (χ3n) is 6.66. The van der Waals surface area contributed by atoms with E-state index < -0.39 is 11.7 Å². The van der Waals surface area contributed by atoms with Gasteiger partial charge in [0.15, 0.2) is 11.6 Å². The number of anilines is 4. The molecule has 2 atom stereocenters. The van der Waals surface area contributed by atoms with Gasteiger partial charge in [-0.15, -0.1) is 0 Å². The van der Waals surface area contributed by atoms with Crippen LogP contribution in [-0.2, 0) is 4.74 Å². The van der Waals surface area contributed by atoms with Crippen LogP contribution in [0.4, 0.5) is 27.5 Å². The van der Waals surface area contributed by atoms with Crippen molar-refractivity contribution in [3.63, 3.8) is 0 Å². The van der Waals surface area contributed by atoms with Crippen molar-refractivity contribution in [1.82, 2.24) is 9.97 Å². The maximum Gasteiger partial charge on any atom is 0.252 e. The first-order valence-electron chi connectivity index (χ1n) is 12.1. The summed E-state index contributed by atoms with van der Waals surface area (Å²) in [5.41, 5.74) is 14.0. The highest BCUT2D eigenvalue weighted by molar-refractivity contribution is 5.98. The molecule has 36 heavy (non-hydrogen) atoms. The quantitative estimate of drug-likeness (QED) is 0.388. The molecule has 11 heteroatoms. The molecule has 0 aromatic carbocycles. The highest BCUT2D eigenvalue weighted by Gasteiger charge is 2.25. The molecule has 0 unspecified atom stereocenters. The first-order chi connectivity index (χ1) is 17.5. The van der Waals surface area contributed by atoms with Crippen molar-refractivity contribution in [2.75, 3.05) is 41.8 Å². The molecular weight excluding hydrogens is 465 g/mol. The number of ether oxygens (including phenoxy) is 1. The summed E-state index contributed by atoms with van der Waals surface area (Å²) in [5.74, 6) is -0.501. The highest BCUT2D eigenvalue weighted by atomic mass is 19.1. The number of morpholine rings is 1. The van der Waals surface area contributed by atoms with Gasteiger partial charge in [0.05, 0.1) is 43.2 Å². The Kier molecular flexibility index (Phi) is 7.01. The predicted octanol–water partition coefficient (Wildman–Crippen LogP) is 3.24. The molecule has 10 nitrogen and oxygen atoms in total. The number of nitrogens with two attached hydrogens (primary N) is 2. The zero-order chi connectivity index (χ0) is 25.1. The van der Waals surface area contributed by atoms with E-state index in [1.54, 1.807) is 18.7 Å². The van der Waals surface area contributed by atoms with E-state index in [9.17, 15) is 9.18 Å². The molecule has 5 rings (SSSR count). The lowest BCUT2D eigenvalue weighted by Gasteiger charge is -2.30. The van der Waals surface area contributed by atoms with Gasteiger partial charge in [-0.2, -0.15) is 0 Å². The lowest BCUT2D eigenvalue weighted by atomic mass is 9.91. The van der Waals surface area contributed by atoms with Gasteiger partial charge >= 0.3 is 0 Å². The molecule has 190 valence electrons. The fourth-order valence-electron chi connectivity index (χ4n) is 4.71. The van der Waals surface area contributed by atoms with Crippen LogP contribution in [0.1, 0.15) is 36.0 Å². The van der Waals surface area contributed by atoms with E-state index in [4.69, 9.17) is 20.6 Å². The molecule has 1 saturated heterocycles. The fraction of sp³-hybridized carbons (Fsp3) is 0.400. The zero-order valence-corrected chi connectivity index (χ0v) is 19.9. The number of hydrogen-bond donors (Lipinski definition) is 4. The van der Waals surface area contributed by atoms with Crippen LogP contribution in [0.15, 0.2) is 41.3 Å². The number of carbonyl (C=O) groups excluding carboxylic acids is 1. The van der Waals surface area contributed by atoms with Crippen molar-refractivity contribution >= 4 is 29.0 Å². The molecule has 2 fully saturated rings. The molecule has 1 aliphatic carbocycles. The van der Waals surface area contributed by atoms with Gasteiger partial charge in [-0.1, -0.05) is 12.8 Å². The summed E-state index contributed by atoms with van der Waals surface area (Å²) in [6.45, 7) is 2.67. The first kappa shape index (κ1) is 24.0. The van der Waals surface area contributed by atoms with Crippen molar-refractivity contribution in [1.29, 1.82) is 0 Å². The minimum atomic E-state index is -0.794. The Morgan fingerprint density at radius 3 is 2.69 bits per heavy atom. The largest absolute Gasteiger partial charge is 0.472 e. The number of carbonyl (C=O) groups is 1. The molecule has 1 saturated carbocycles. The van der Waals surface area contributed by atoms with Gasteiger partial charge in [0.25, 0.3) is 5.91 Å².